The van der Waals surface area contributed by atoms with Gasteiger partial charge in [-0.1, -0.05) is 42.1 Å². The van der Waals surface area contributed by atoms with E-state index in [0.717, 1.165) is 20.9 Å². The standard InChI is InChI=1S/C20H19N5OS2/c1-14(19-22-16-10-6-7-11-17(16)28-19)24(2)18(26)12-27-20-23-21-13-25(20)15-8-4-3-5-9-15/h3-11,13-14H,12H2,1-2H3. The Hall–Kier alpha value is -2.71. The second-order valence-electron chi connectivity index (χ2n) is 6.31. The van der Waals surface area contributed by atoms with E-state index >= 15 is 0 Å². The number of hydrogen-bond donors (Lipinski definition) is 0. The lowest BCUT2D eigenvalue weighted by Crippen LogP contribution is -2.31. The maximum absolute atomic E-state index is 12.7. The van der Waals surface area contributed by atoms with Gasteiger partial charge in [-0.2, -0.15) is 0 Å². The van der Waals surface area contributed by atoms with Crippen LogP contribution in [0, 0.1) is 0 Å². The first kappa shape index (κ1) is 18.6. The molecule has 0 radical (unpaired) electrons. The fourth-order valence-electron chi connectivity index (χ4n) is 2.77. The van der Waals surface area contributed by atoms with E-state index in [0.29, 0.717) is 5.16 Å². The van der Waals surface area contributed by atoms with Gasteiger partial charge < -0.3 is 4.90 Å². The Kier molecular flexibility index (Phi) is 5.40. The lowest BCUT2D eigenvalue weighted by Gasteiger charge is -2.23. The van der Waals surface area contributed by atoms with Gasteiger partial charge in [0.05, 0.1) is 22.0 Å². The summed E-state index contributed by atoms with van der Waals surface area (Å²) in [4.78, 5) is 19.2. The Bertz CT molecular complexity index is 1060. The van der Waals surface area contributed by atoms with Crippen molar-refractivity contribution in [1.29, 1.82) is 0 Å². The van der Waals surface area contributed by atoms with Gasteiger partial charge in [-0.3, -0.25) is 9.36 Å². The van der Waals surface area contributed by atoms with E-state index in [1.165, 1.54) is 11.8 Å². The van der Waals surface area contributed by atoms with Gasteiger partial charge in [0.15, 0.2) is 5.16 Å². The van der Waals surface area contributed by atoms with Gasteiger partial charge in [0.25, 0.3) is 0 Å². The molecule has 6 nitrogen and oxygen atoms in total. The second kappa shape index (κ2) is 8.12. The van der Waals surface area contributed by atoms with Crippen LogP contribution in [-0.4, -0.2) is 43.4 Å². The van der Waals surface area contributed by atoms with Crippen molar-refractivity contribution in [2.75, 3.05) is 12.8 Å². The molecule has 0 aliphatic heterocycles. The fraction of sp³-hybridized carbons (Fsp3) is 0.200. The Morgan fingerprint density at radius 2 is 1.93 bits per heavy atom. The number of nitrogens with zero attached hydrogens (tertiary/aromatic N) is 5. The molecule has 0 saturated carbocycles. The number of hydrogen-bond acceptors (Lipinski definition) is 6. The zero-order valence-electron chi connectivity index (χ0n) is 15.5. The molecule has 0 aliphatic carbocycles. The van der Waals surface area contributed by atoms with Crippen molar-refractivity contribution in [1.82, 2.24) is 24.6 Å². The zero-order valence-corrected chi connectivity index (χ0v) is 17.2. The highest BCUT2D eigenvalue weighted by Gasteiger charge is 2.21. The molecule has 0 bridgehead atoms. The van der Waals surface area contributed by atoms with Gasteiger partial charge in [-0.05, 0) is 31.2 Å². The highest BCUT2D eigenvalue weighted by molar-refractivity contribution is 7.99. The monoisotopic (exact) mass is 409 g/mol. The molecule has 1 amide bonds. The largest absolute Gasteiger partial charge is 0.336 e. The number of carbonyl (C=O) groups is 1. The van der Waals surface area contributed by atoms with E-state index in [-0.39, 0.29) is 17.7 Å². The van der Waals surface area contributed by atoms with Crippen molar-refractivity contribution >= 4 is 39.2 Å². The summed E-state index contributed by atoms with van der Waals surface area (Å²) in [5, 5.41) is 9.77. The van der Waals surface area contributed by atoms with Crippen molar-refractivity contribution in [3.05, 3.63) is 65.9 Å². The normalized spacial score (nSPS) is 12.2. The van der Waals surface area contributed by atoms with Crippen LogP contribution in [0.1, 0.15) is 18.0 Å². The topological polar surface area (TPSA) is 63.9 Å². The quantitative estimate of drug-likeness (QED) is 0.447. The summed E-state index contributed by atoms with van der Waals surface area (Å²) in [6, 6.07) is 17.8. The lowest BCUT2D eigenvalue weighted by molar-refractivity contribution is -0.128. The number of amides is 1. The highest BCUT2D eigenvalue weighted by atomic mass is 32.2. The molecule has 142 valence electrons. The van der Waals surface area contributed by atoms with E-state index in [2.05, 4.69) is 21.2 Å². The van der Waals surface area contributed by atoms with Crippen LogP contribution >= 0.6 is 23.1 Å². The highest BCUT2D eigenvalue weighted by Crippen LogP contribution is 2.29. The van der Waals surface area contributed by atoms with E-state index < -0.39 is 0 Å². The number of benzene rings is 2. The summed E-state index contributed by atoms with van der Waals surface area (Å²) in [7, 11) is 1.82. The molecule has 0 aliphatic rings. The minimum absolute atomic E-state index is 0.0272. The van der Waals surface area contributed by atoms with Crippen molar-refractivity contribution in [2.24, 2.45) is 0 Å². The van der Waals surface area contributed by atoms with Gasteiger partial charge >= 0.3 is 0 Å². The Morgan fingerprint density at radius 1 is 1.18 bits per heavy atom. The summed E-state index contributed by atoms with van der Waals surface area (Å²) in [5.41, 5.74) is 1.94. The van der Waals surface area contributed by atoms with E-state index in [4.69, 9.17) is 0 Å². The molecular weight excluding hydrogens is 390 g/mol. The average molecular weight is 410 g/mol. The summed E-state index contributed by atoms with van der Waals surface area (Å²) in [6.45, 7) is 2.01. The SMILES string of the molecule is CC(c1nc2ccccc2s1)N(C)C(=O)CSc1nncn1-c1ccccc1. The minimum atomic E-state index is -0.0857. The van der Waals surface area contributed by atoms with E-state index in [1.807, 2.05) is 67.1 Å². The fourth-order valence-corrected chi connectivity index (χ4v) is 4.68. The van der Waals surface area contributed by atoms with Crippen LogP contribution in [0.25, 0.3) is 15.9 Å². The molecule has 8 heteroatoms. The molecule has 0 spiro atoms. The van der Waals surface area contributed by atoms with Crippen molar-refractivity contribution < 1.29 is 4.79 Å². The molecule has 4 aromatic rings. The summed E-state index contributed by atoms with van der Waals surface area (Å²) in [6.07, 6.45) is 1.66. The number of carbonyl (C=O) groups excluding carboxylic acids is 1. The van der Waals surface area contributed by atoms with E-state index in [1.54, 1.807) is 22.6 Å². The van der Waals surface area contributed by atoms with Crippen LogP contribution in [0.3, 0.4) is 0 Å². The molecule has 2 aromatic carbocycles. The molecule has 4 rings (SSSR count). The van der Waals surface area contributed by atoms with Gasteiger partial charge in [-0.15, -0.1) is 21.5 Å². The van der Waals surface area contributed by atoms with Crippen LogP contribution in [0.15, 0.2) is 66.1 Å². The molecule has 2 heterocycles. The molecule has 1 unspecified atom stereocenters. The van der Waals surface area contributed by atoms with Crippen LogP contribution in [0.2, 0.25) is 0 Å². The van der Waals surface area contributed by atoms with Gasteiger partial charge in [0, 0.05) is 12.7 Å². The van der Waals surface area contributed by atoms with E-state index in [9.17, 15) is 4.79 Å². The molecule has 0 saturated heterocycles. The summed E-state index contributed by atoms with van der Waals surface area (Å²) < 4.78 is 3.02. The molecule has 2 aromatic heterocycles. The van der Waals surface area contributed by atoms with Crippen molar-refractivity contribution in [3.8, 4) is 5.69 Å². The van der Waals surface area contributed by atoms with Gasteiger partial charge in [-0.25, -0.2) is 4.98 Å². The first-order chi connectivity index (χ1) is 13.6. The van der Waals surface area contributed by atoms with Crippen LogP contribution < -0.4 is 0 Å². The van der Waals surface area contributed by atoms with Gasteiger partial charge in [0.1, 0.15) is 11.3 Å². The van der Waals surface area contributed by atoms with Crippen LogP contribution in [0.4, 0.5) is 0 Å². The molecular formula is C20H19N5OS2. The Morgan fingerprint density at radius 3 is 2.71 bits per heavy atom. The maximum atomic E-state index is 12.7. The molecule has 0 N–H and O–H groups in total. The van der Waals surface area contributed by atoms with Crippen molar-refractivity contribution in [3.63, 3.8) is 0 Å². The lowest BCUT2D eigenvalue weighted by atomic mass is 10.3. The Labute approximate surface area is 171 Å². The third-order valence-corrected chi connectivity index (χ3v) is 6.65. The number of fused-ring (bicyclic) bond motifs is 1. The third kappa shape index (κ3) is 3.79. The number of aromatic nitrogens is 4. The average Bonchev–Trinajstić information content (AvgIpc) is 3.38. The van der Waals surface area contributed by atoms with Crippen LogP contribution in [0.5, 0.6) is 0 Å². The number of thiazole rings is 1. The summed E-state index contributed by atoms with van der Waals surface area (Å²) >= 11 is 3.01. The first-order valence-electron chi connectivity index (χ1n) is 8.83. The predicted molar refractivity (Wildman–Crippen MR) is 113 cm³/mol. The number of thioether (sulfide) groups is 1. The molecule has 0 fully saturated rings. The molecule has 1 atom stereocenters. The van der Waals surface area contributed by atoms with Crippen molar-refractivity contribution in [2.45, 2.75) is 18.1 Å². The zero-order chi connectivity index (χ0) is 19.5. The minimum Gasteiger partial charge on any atom is -0.336 e. The second-order valence-corrected chi connectivity index (χ2v) is 8.31. The third-order valence-electron chi connectivity index (χ3n) is 4.52. The predicted octanol–water partition coefficient (Wildman–Crippen LogP) is 4.19. The smallest absolute Gasteiger partial charge is 0.233 e. The maximum Gasteiger partial charge on any atom is 0.233 e. The van der Waals surface area contributed by atoms with Gasteiger partial charge in [0.2, 0.25) is 5.91 Å². The number of para-hydroxylation sites is 2. The molecule has 28 heavy (non-hydrogen) atoms. The first-order valence-corrected chi connectivity index (χ1v) is 10.6. The van der Waals surface area contributed by atoms with Crippen LogP contribution in [-0.2, 0) is 4.79 Å². The summed E-state index contributed by atoms with van der Waals surface area (Å²) in [5.74, 6) is 0.316. The Balaban J connectivity index is 1.43. The number of rotatable bonds is 6.